The van der Waals surface area contributed by atoms with E-state index >= 15 is 0 Å². The molecule has 1 aromatic heterocycles. The Morgan fingerprint density at radius 1 is 1.44 bits per heavy atom. The number of rotatable bonds is 7. The van der Waals surface area contributed by atoms with Crippen LogP contribution in [0.2, 0.25) is 0 Å². The number of aliphatic hydroxyl groups is 1. The number of nitrogens with zero attached hydrogens (tertiary/aromatic N) is 2. The van der Waals surface area contributed by atoms with Crippen molar-refractivity contribution in [3.05, 3.63) is 42.2 Å². The van der Waals surface area contributed by atoms with Crippen LogP contribution in [-0.2, 0) is 13.1 Å². The van der Waals surface area contributed by atoms with E-state index in [2.05, 4.69) is 16.5 Å². The molecular formula is C12H19N3O. The Morgan fingerprint density at radius 3 is 2.81 bits per heavy atom. The van der Waals surface area contributed by atoms with Gasteiger partial charge in [-0.05, 0) is 12.1 Å². The van der Waals surface area contributed by atoms with Crippen molar-refractivity contribution in [3.63, 3.8) is 0 Å². The van der Waals surface area contributed by atoms with Gasteiger partial charge in [0.15, 0.2) is 0 Å². The highest BCUT2D eigenvalue weighted by Gasteiger charge is 2.04. The van der Waals surface area contributed by atoms with Gasteiger partial charge in [-0.3, -0.25) is 9.88 Å². The molecule has 4 nitrogen and oxygen atoms in total. The minimum Gasteiger partial charge on any atom is -0.395 e. The monoisotopic (exact) mass is 221 g/mol. The summed E-state index contributed by atoms with van der Waals surface area (Å²) in [4.78, 5) is 6.49. The topological polar surface area (TPSA) is 62.4 Å². The van der Waals surface area contributed by atoms with Crippen molar-refractivity contribution in [2.45, 2.75) is 13.1 Å². The summed E-state index contributed by atoms with van der Waals surface area (Å²) in [5.74, 6) is 0. The van der Waals surface area contributed by atoms with Crippen molar-refractivity contribution >= 4 is 0 Å². The number of hydrogen-bond donors (Lipinski definition) is 2. The van der Waals surface area contributed by atoms with Gasteiger partial charge in [-0.15, -0.1) is 6.58 Å². The van der Waals surface area contributed by atoms with E-state index < -0.39 is 0 Å². The lowest BCUT2D eigenvalue weighted by molar-refractivity contribution is 0.202. The van der Waals surface area contributed by atoms with Crippen molar-refractivity contribution < 1.29 is 5.11 Å². The lowest BCUT2D eigenvalue weighted by Gasteiger charge is -2.18. The van der Waals surface area contributed by atoms with E-state index in [4.69, 9.17) is 10.8 Å². The van der Waals surface area contributed by atoms with E-state index in [1.807, 2.05) is 24.3 Å². The summed E-state index contributed by atoms with van der Waals surface area (Å²) in [5.41, 5.74) is 7.39. The lowest BCUT2D eigenvalue weighted by atomic mass is 10.3. The molecule has 0 spiro atoms. The van der Waals surface area contributed by atoms with Gasteiger partial charge < -0.3 is 10.8 Å². The Labute approximate surface area is 96.4 Å². The quantitative estimate of drug-likeness (QED) is 0.659. The predicted octanol–water partition coefficient (Wildman–Crippen LogP) is 0.521. The fourth-order valence-electron chi connectivity index (χ4n) is 1.52. The zero-order valence-corrected chi connectivity index (χ0v) is 9.47. The maximum atomic E-state index is 8.93. The van der Waals surface area contributed by atoms with Crippen molar-refractivity contribution in [2.24, 2.45) is 5.73 Å². The molecule has 16 heavy (non-hydrogen) atoms. The summed E-state index contributed by atoms with van der Waals surface area (Å²) in [7, 11) is 0. The molecule has 0 atom stereocenters. The van der Waals surface area contributed by atoms with Crippen LogP contribution in [0.15, 0.2) is 30.9 Å². The number of aliphatic hydroxyl groups excluding tert-OH is 1. The Kier molecular flexibility index (Phi) is 5.71. The zero-order valence-electron chi connectivity index (χ0n) is 9.47. The average molecular weight is 221 g/mol. The van der Waals surface area contributed by atoms with Crippen molar-refractivity contribution in [1.29, 1.82) is 0 Å². The molecule has 0 aromatic carbocycles. The van der Waals surface area contributed by atoms with Gasteiger partial charge in [0.05, 0.1) is 18.0 Å². The highest BCUT2D eigenvalue weighted by Crippen LogP contribution is 2.03. The third-order valence-corrected chi connectivity index (χ3v) is 2.26. The largest absolute Gasteiger partial charge is 0.395 e. The molecule has 0 aliphatic heterocycles. The van der Waals surface area contributed by atoms with Crippen LogP contribution >= 0.6 is 0 Å². The zero-order chi connectivity index (χ0) is 11.8. The first-order chi connectivity index (χ1) is 7.80. The molecule has 1 heterocycles. The third kappa shape index (κ3) is 4.10. The van der Waals surface area contributed by atoms with Gasteiger partial charge in [-0.1, -0.05) is 12.1 Å². The fourth-order valence-corrected chi connectivity index (χ4v) is 1.52. The molecule has 88 valence electrons. The van der Waals surface area contributed by atoms with E-state index in [1.54, 1.807) is 0 Å². The van der Waals surface area contributed by atoms with Crippen LogP contribution < -0.4 is 5.73 Å². The molecule has 0 aliphatic carbocycles. The smallest absolute Gasteiger partial charge is 0.0558 e. The molecule has 4 heteroatoms. The Bertz CT molecular complexity index is 328. The normalized spacial score (nSPS) is 10.7. The molecule has 0 radical (unpaired) electrons. The number of pyridine rings is 1. The standard InChI is InChI=1S/C12H19N3O/c1-2-6-15(7-8-16)10-12-5-3-4-11(9-13)14-12/h2-5,16H,1,6-10,13H2. The molecule has 0 amide bonds. The highest BCUT2D eigenvalue weighted by atomic mass is 16.3. The molecule has 0 unspecified atom stereocenters. The second-order valence-electron chi connectivity index (χ2n) is 3.57. The SMILES string of the molecule is C=CCN(CCO)Cc1cccc(CN)n1. The molecule has 1 rings (SSSR count). The second kappa shape index (κ2) is 7.11. The maximum Gasteiger partial charge on any atom is 0.0558 e. The second-order valence-corrected chi connectivity index (χ2v) is 3.57. The van der Waals surface area contributed by atoms with E-state index in [0.717, 1.165) is 17.9 Å². The first-order valence-electron chi connectivity index (χ1n) is 5.39. The molecule has 3 N–H and O–H groups in total. The van der Waals surface area contributed by atoms with Crippen LogP contribution in [-0.4, -0.2) is 34.7 Å². The summed E-state index contributed by atoms with van der Waals surface area (Å²) in [6, 6.07) is 5.83. The van der Waals surface area contributed by atoms with E-state index in [9.17, 15) is 0 Å². The molecular weight excluding hydrogens is 202 g/mol. The molecule has 0 bridgehead atoms. The van der Waals surface area contributed by atoms with E-state index in [1.165, 1.54) is 0 Å². The van der Waals surface area contributed by atoms with Gasteiger partial charge in [0, 0.05) is 26.2 Å². The van der Waals surface area contributed by atoms with Crippen molar-refractivity contribution in [3.8, 4) is 0 Å². The summed E-state index contributed by atoms with van der Waals surface area (Å²) >= 11 is 0. The van der Waals surface area contributed by atoms with Gasteiger partial charge >= 0.3 is 0 Å². The Morgan fingerprint density at radius 2 is 2.19 bits per heavy atom. The minimum absolute atomic E-state index is 0.143. The van der Waals surface area contributed by atoms with E-state index in [0.29, 0.717) is 19.6 Å². The molecule has 0 fully saturated rings. The molecule has 1 aromatic rings. The summed E-state index contributed by atoms with van der Waals surface area (Å²) < 4.78 is 0. The molecule has 0 aliphatic rings. The van der Waals surface area contributed by atoms with Crippen LogP contribution in [0.4, 0.5) is 0 Å². The number of aromatic nitrogens is 1. The maximum absolute atomic E-state index is 8.93. The Hall–Kier alpha value is -1.23. The van der Waals surface area contributed by atoms with Gasteiger partial charge in [-0.25, -0.2) is 0 Å². The lowest BCUT2D eigenvalue weighted by Crippen LogP contribution is -2.27. The van der Waals surface area contributed by atoms with Crippen LogP contribution in [0.1, 0.15) is 11.4 Å². The van der Waals surface area contributed by atoms with Gasteiger partial charge in [-0.2, -0.15) is 0 Å². The van der Waals surface area contributed by atoms with Gasteiger partial charge in [0.2, 0.25) is 0 Å². The molecule has 0 saturated carbocycles. The van der Waals surface area contributed by atoms with Crippen molar-refractivity contribution in [2.75, 3.05) is 19.7 Å². The predicted molar refractivity (Wildman–Crippen MR) is 64.7 cm³/mol. The number of hydrogen-bond acceptors (Lipinski definition) is 4. The average Bonchev–Trinajstić information content (AvgIpc) is 2.30. The summed E-state index contributed by atoms with van der Waals surface area (Å²) in [6.07, 6.45) is 1.82. The molecule has 0 saturated heterocycles. The van der Waals surface area contributed by atoms with Gasteiger partial charge in [0.25, 0.3) is 0 Å². The third-order valence-electron chi connectivity index (χ3n) is 2.26. The van der Waals surface area contributed by atoms with Crippen LogP contribution in [0.25, 0.3) is 0 Å². The minimum atomic E-state index is 0.143. The fraction of sp³-hybridized carbons (Fsp3) is 0.417. The van der Waals surface area contributed by atoms with Crippen molar-refractivity contribution in [1.82, 2.24) is 9.88 Å². The summed E-state index contributed by atoms with van der Waals surface area (Å²) in [5, 5.41) is 8.93. The van der Waals surface area contributed by atoms with Crippen LogP contribution in [0.3, 0.4) is 0 Å². The summed E-state index contributed by atoms with van der Waals surface area (Å²) in [6.45, 7) is 6.37. The van der Waals surface area contributed by atoms with Crippen LogP contribution in [0.5, 0.6) is 0 Å². The first-order valence-corrected chi connectivity index (χ1v) is 5.39. The Balaban J connectivity index is 2.64. The number of nitrogens with two attached hydrogens (primary N) is 1. The van der Waals surface area contributed by atoms with Crippen LogP contribution in [0, 0.1) is 0 Å². The first kappa shape index (κ1) is 12.8. The highest BCUT2D eigenvalue weighted by molar-refractivity contribution is 5.11. The van der Waals surface area contributed by atoms with Gasteiger partial charge in [0.1, 0.15) is 0 Å². The van der Waals surface area contributed by atoms with E-state index in [-0.39, 0.29) is 6.61 Å².